The number of amides is 1. The van der Waals surface area contributed by atoms with E-state index in [9.17, 15) is 9.90 Å². The molecule has 0 bridgehead atoms. The summed E-state index contributed by atoms with van der Waals surface area (Å²) in [5, 5.41) is 29.3. The van der Waals surface area contributed by atoms with E-state index in [-0.39, 0.29) is 31.7 Å². The highest BCUT2D eigenvalue weighted by molar-refractivity contribution is 5.82. The van der Waals surface area contributed by atoms with Gasteiger partial charge in [0.2, 0.25) is 5.91 Å². The second-order valence-electron chi connectivity index (χ2n) is 7.76. The molecule has 2 aromatic heterocycles. The molecule has 10 heteroatoms. The normalized spacial score (nSPS) is 12.2. The van der Waals surface area contributed by atoms with Gasteiger partial charge in [-0.05, 0) is 24.6 Å². The number of hydrogen-bond acceptors (Lipinski definition) is 7. The third-order valence-electron chi connectivity index (χ3n) is 5.33. The van der Waals surface area contributed by atoms with Gasteiger partial charge in [-0.25, -0.2) is 4.98 Å². The number of H-pyrrole nitrogens is 2. The molecule has 0 aliphatic heterocycles. The largest absolute Gasteiger partial charge is 0.507 e. The van der Waals surface area contributed by atoms with E-state index in [0.29, 0.717) is 13.0 Å². The molecule has 35 heavy (non-hydrogen) atoms. The summed E-state index contributed by atoms with van der Waals surface area (Å²) in [6, 6.07) is 14.0. The highest BCUT2D eigenvalue weighted by atomic mass is 16.3. The predicted molar refractivity (Wildman–Crippen MR) is 138 cm³/mol. The number of phenolic OH excluding ortho intramolecular Hbond substituents is 1. The minimum atomic E-state index is -0.858. The summed E-state index contributed by atoms with van der Waals surface area (Å²) in [4.78, 5) is 18.7. The van der Waals surface area contributed by atoms with Crippen LogP contribution in [-0.4, -0.2) is 55.5 Å². The molecule has 9 N–H and O–H groups in total. The Hall–Kier alpha value is -3.73. The molecule has 1 amide bonds. The number of benzene rings is 2. The lowest BCUT2D eigenvalue weighted by Crippen LogP contribution is -2.43. The van der Waals surface area contributed by atoms with Crippen LogP contribution >= 0.6 is 0 Å². The van der Waals surface area contributed by atoms with Crippen molar-refractivity contribution in [3.05, 3.63) is 66.2 Å². The second-order valence-corrected chi connectivity index (χ2v) is 7.76. The van der Waals surface area contributed by atoms with E-state index in [0.717, 1.165) is 40.1 Å². The molecule has 2 atom stereocenters. The number of carbonyl (C=O) groups is 1. The lowest BCUT2D eigenvalue weighted by Gasteiger charge is -2.08. The first-order valence-electron chi connectivity index (χ1n) is 11.1. The number of rotatable bonds is 8. The van der Waals surface area contributed by atoms with Gasteiger partial charge in [-0.3, -0.25) is 9.89 Å². The van der Waals surface area contributed by atoms with Crippen molar-refractivity contribution in [1.82, 2.24) is 25.5 Å². The van der Waals surface area contributed by atoms with E-state index in [2.05, 4.69) is 25.5 Å². The van der Waals surface area contributed by atoms with Gasteiger partial charge in [0, 0.05) is 29.6 Å². The minimum absolute atomic E-state index is 0. The molecule has 188 valence electrons. The van der Waals surface area contributed by atoms with E-state index in [1.165, 1.54) is 0 Å². The number of nitrogens with zero attached hydrogens (tertiary/aromatic N) is 2. The van der Waals surface area contributed by atoms with Crippen molar-refractivity contribution in [2.24, 2.45) is 11.5 Å². The molecule has 2 aromatic carbocycles. The Labute approximate surface area is 204 Å². The average Bonchev–Trinajstić information content (AvgIpc) is 3.51. The summed E-state index contributed by atoms with van der Waals surface area (Å²) in [5.74, 6) is 0.643. The molecule has 0 radical (unpaired) electrons. The molecule has 0 aliphatic carbocycles. The Kier molecular flexibility index (Phi) is 10.4. The van der Waals surface area contributed by atoms with E-state index in [4.69, 9.17) is 16.6 Å². The highest BCUT2D eigenvalue weighted by Gasteiger charge is 2.12. The molecular weight excluding hydrogens is 446 g/mol. The van der Waals surface area contributed by atoms with Crippen LogP contribution in [0.3, 0.4) is 0 Å². The van der Waals surface area contributed by atoms with Gasteiger partial charge in [0.05, 0.1) is 30.1 Å². The van der Waals surface area contributed by atoms with Crippen molar-refractivity contribution >= 4 is 16.8 Å². The van der Waals surface area contributed by atoms with Crippen LogP contribution in [0.25, 0.3) is 22.2 Å². The number of imidazole rings is 1. The Morgan fingerprint density at radius 3 is 2.57 bits per heavy atom. The van der Waals surface area contributed by atoms with E-state index in [1.807, 2.05) is 43.3 Å². The minimum Gasteiger partial charge on any atom is -0.507 e. The summed E-state index contributed by atoms with van der Waals surface area (Å²) in [7, 11) is 0. The summed E-state index contributed by atoms with van der Waals surface area (Å²) >= 11 is 0. The second kappa shape index (κ2) is 13.2. The smallest absolute Gasteiger partial charge is 0.239 e. The first kappa shape index (κ1) is 27.5. The number of aliphatic hydroxyl groups excluding tert-OH is 1. The number of nitrogens with two attached hydrogens (primary N) is 2. The number of aromatic amines is 2. The number of hydrogen-bond donors (Lipinski definition) is 7. The van der Waals surface area contributed by atoms with E-state index < -0.39 is 6.04 Å². The zero-order valence-corrected chi connectivity index (χ0v) is 19.0. The Morgan fingerprint density at radius 2 is 1.86 bits per heavy atom. The molecular formula is C25H35N7O3. The van der Waals surface area contributed by atoms with Crippen LogP contribution in [0.2, 0.25) is 0 Å². The zero-order valence-electron chi connectivity index (χ0n) is 19.0. The number of nitrogens with one attached hydrogen (secondary N) is 3. The standard InChI is InChI=1S/C12H16N4O2.C12H15N3O.CH4/c13-9(7-17)12(18)14-6-5-11-8-3-1-2-4-10(8)15-16-11;1-2-9(13)12-14-7-10(15-12)8-5-3-4-6-11(8)16;/h1-4,9,17H,5-7,13H2,(H,14,18)(H,15,16);3-7,9,16H,2,13H2,1H3,(H,14,15);1H4/t2*9-;/m00./s1. The van der Waals surface area contributed by atoms with Gasteiger partial charge in [0.15, 0.2) is 0 Å². The van der Waals surface area contributed by atoms with Gasteiger partial charge in [0.25, 0.3) is 0 Å². The number of para-hydroxylation sites is 2. The lowest BCUT2D eigenvalue weighted by molar-refractivity contribution is -0.123. The topological polar surface area (TPSA) is 179 Å². The maximum Gasteiger partial charge on any atom is 0.239 e. The van der Waals surface area contributed by atoms with Crippen LogP contribution in [0.1, 0.15) is 38.3 Å². The molecule has 0 fully saturated rings. The average molecular weight is 482 g/mol. The zero-order chi connectivity index (χ0) is 24.5. The number of aromatic hydroxyl groups is 1. The van der Waals surface area contributed by atoms with Crippen molar-refractivity contribution < 1.29 is 15.0 Å². The van der Waals surface area contributed by atoms with Crippen LogP contribution in [0.4, 0.5) is 0 Å². The molecule has 4 aromatic rings. The van der Waals surface area contributed by atoms with Gasteiger partial charge in [-0.15, -0.1) is 0 Å². The van der Waals surface area contributed by atoms with Gasteiger partial charge < -0.3 is 32.0 Å². The van der Waals surface area contributed by atoms with Crippen LogP contribution in [0.15, 0.2) is 54.7 Å². The molecule has 10 nitrogen and oxygen atoms in total. The fourth-order valence-electron chi connectivity index (χ4n) is 3.29. The fraction of sp³-hybridized carbons (Fsp3) is 0.320. The Balaban J connectivity index is 0.000000241. The Morgan fingerprint density at radius 1 is 1.14 bits per heavy atom. The van der Waals surface area contributed by atoms with Crippen LogP contribution in [0.5, 0.6) is 5.75 Å². The van der Waals surface area contributed by atoms with Crippen LogP contribution in [0, 0.1) is 0 Å². The van der Waals surface area contributed by atoms with Crippen molar-refractivity contribution in [3.8, 4) is 17.0 Å². The summed E-state index contributed by atoms with van der Waals surface area (Å²) in [5.41, 5.74) is 14.7. The first-order valence-corrected chi connectivity index (χ1v) is 11.1. The molecule has 4 rings (SSSR count). The number of fused-ring (bicyclic) bond motifs is 1. The molecule has 0 saturated heterocycles. The van der Waals surface area contributed by atoms with E-state index >= 15 is 0 Å². The quantitative estimate of drug-likeness (QED) is 0.202. The monoisotopic (exact) mass is 481 g/mol. The third-order valence-corrected chi connectivity index (χ3v) is 5.33. The number of aliphatic hydroxyl groups is 1. The van der Waals surface area contributed by atoms with Crippen molar-refractivity contribution in [2.45, 2.75) is 39.3 Å². The predicted octanol–water partition coefficient (Wildman–Crippen LogP) is 2.37. The molecule has 0 saturated carbocycles. The van der Waals surface area contributed by atoms with Crippen LogP contribution in [-0.2, 0) is 11.2 Å². The maximum atomic E-state index is 11.3. The summed E-state index contributed by atoms with van der Waals surface area (Å²) in [6.07, 6.45) is 3.16. The first-order chi connectivity index (χ1) is 16.4. The fourth-order valence-corrected chi connectivity index (χ4v) is 3.29. The van der Waals surface area contributed by atoms with Gasteiger partial charge >= 0.3 is 0 Å². The van der Waals surface area contributed by atoms with E-state index in [1.54, 1.807) is 18.3 Å². The SMILES string of the molecule is C.CC[C@H](N)c1ncc(-c2ccccc2O)[nH]1.N[C@@H](CO)C(=O)NCCc1[nH]nc2ccccc12. The third kappa shape index (κ3) is 7.12. The maximum absolute atomic E-state index is 11.3. The number of carbonyl (C=O) groups excluding carboxylic acids is 1. The molecule has 0 unspecified atom stereocenters. The van der Waals surface area contributed by atoms with Gasteiger partial charge in [-0.2, -0.15) is 5.10 Å². The van der Waals surface area contributed by atoms with Crippen molar-refractivity contribution in [3.63, 3.8) is 0 Å². The Bertz CT molecular complexity index is 1200. The van der Waals surface area contributed by atoms with Gasteiger partial charge in [-0.1, -0.05) is 44.7 Å². The molecule has 0 aliphatic rings. The molecule has 2 heterocycles. The summed E-state index contributed by atoms with van der Waals surface area (Å²) in [6.45, 7) is 2.12. The lowest BCUT2D eigenvalue weighted by atomic mass is 10.1. The number of phenols is 1. The molecule has 0 spiro atoms. The number of aromatic nitrogens is 4. The summed E-state index contributed by atoms with van der Waals surface area (Å²) < 4.78 is 0. The van der Waals surface area contributed by atoms with Crippen molar-refractivity contribution in [2.75, 3.05) is 13.2 Å². The van der Waals surface area contributed by atoms with Crippen LogP contribution < -0.4 is 16.8 Å². The highest BCUT2D eigenvalue weighted by Crippen LogP contribution is 2.27. The van der Waals surface area contributed by atoms with Gasteiger partial charge in [0.1, 0.15) is 17.6 Å². The van der Waals surface area contributed by atoms with Crippen molar-refractivity contribution in [1.29, 1.82) is 0 Å².